The maximum absolute atomic E-state index is 5.82. The Bertz CT molecular complexity index is 578. The van der Waals surface area contributed by atoms with Gasteiger partial charge in [-0.25, -0.2) is 9.50 Å². The van der Waals surface area contributed by atoms with E-state index in [4.69, 9.17) is 9.47 Å². The minimum Gasteiger partial charge on any atom is -0.379 e. The summed E-state index contributed by atoms with van der Waals surface area (Å²) in [5, 5.41) is 7.76. The average Bonchev–Trinajstić information content (AvgIpc) is 3.05. The molecule has 3 rings (SSSR count). The molecule has 0 aliphatic carbocycles. The number of aryl methyl sites for hydroxylation is 1. The first-order valence-electron chi connectivity index (χ1n) is 6.99. The molecule has 20 heavy (non-hydrogen) atoms. The second kappa shape index (κ2) is 5.76. The minimum atomic E-state index is 0.185. The number of aromatic nitrogens is 3. The van der Waals surface area contributed by atoms with Crippen LogP contribution in [0.15, 0.2) is 18.5 Å². The lowest BCUT2D eigenvalue weighted by Gasteiger charge is -2.17. The highest BCUT2D eigenvalue weighted by atomic mass is 16.5. The van der Waals surface area contributed by atoms with Gasteiger partial charge >= 0.3 is 0 Å². The van der Waals surface area contributed by atoms with Crippen molar-refractivity contribution in [3.05, 3.63) is 24.2 Å². The SMILES string of the molecule is Cc1cc2c(NC(C)COC3CCOC3)nccn2n1. The van der Waals surface area contributed by atoms with Gasteiger partial charge in [0.2, 0.25) is 0 Å². The van der Waals surface area contributed by atoms with Crippen LogP contribution in [0, 0.1) is 6.92 Å². The molecule has 2 atom stereocenters. The van der Waals surface area contributed by atoms with Crippen molar-refractivity contribution in [2.24, 2.45) is 0 Å². The van der Waals surface area contributed by atoms with Crippen LogP contribution in [0.5, 0.6) is 0 Å². The number of hydrogen-bond donors (Lipinski definition) is 1. The highest BCUT2D eigenvalue weighted by molar-refractivity contribution is 5.67. The van der Waals surface area contributed by atoms with Gasteiger partial charge < -0.3 is 14.8 Å². The molecule has 0 amide bonds. The van der Waals surface area contributed by atoms with Crippen LogP contribution in [0.1, 0.15) is 19.0 Å². The summed E-state index contributed by atoms with van der Waals surface area (Å²) >= 11 is 0. The van der Waals surface area contributed by atoms with Crippen LogP contribution < -0.4 is 5.32 Å². The fraction of sp³-hybridized carbons (Fsp3) is 0.571. The molecule has 0 spiro atoms. The molecule has 0 radical (unpaired) electrons. The zero-order chi connectivity index (χ0) is 13.9. The first-order chi connectivity index (χ1) is 9.72. The maximum atomic E-state index is 5.82. The number of nitrogens with zero attached hydrogens (tertiary/aromatic N) is 3. The van der Waals surface area contributed by atoms with Crippen molar-refractivity contribution >= 4 is 11.3 Å². The fourth-order valence-corrected chi connectivity index (χ4v) is 2.36. The second-order valence-electron chi connectivity index (χ2n) is 5.26. The van der Waals surface area contributed by atoms with Crippen molar-refractivity contribution in [2.75, 3.05) is 25.1 Å². The predicted octanol–water partition coefficient (Wildman–Crippen LogP) is 1.64. The molecule has 1 aliphatic heterocycles. The van der Waals surface area contributed by atoms with Gasteiger partial charge in [-0.3, -0.25) is 0 Å². The van der Waals surface area contributed by atoms with Crippen molar-refractivity contribution < 1.29 is 9.47 Å². The molecule has 6 nitrogen and oxygen atoms in total. The Morgan fingerprint density at radius 3 is 3.30 bits per heavy atom. The van der Waals surface area contributed by atoms with Gasteiger partial charge in [-0.15, -0.1) is 0 Å². The number of anilines is 1. The topological polar surface area (TPSA) is 60.7 Å². The summed E-state index contributed by atoms with van der Waals surface area (Å²) in [5.74, 6) is 0.840. The van der Waals surface area contributed by atoms with Crippen molar-refractivity contribution in [2.45, 2.75) is 32.4 Å². The van der Waals surface area contributed by atoms with E-state index in [9.17, 15) is 0 Å². The molecule has 2 aromatic heterocycles. The number of nitrogens with one attached hydrogen (secondary N) is 1. The summed E-state index contributed by atoms with van der Waals surface area (Å²) in [6.07, 6.45) is 4.83. The molecular weight excluding hydrogens is 256 g/mol. The molecule has 2 unspecified atom stereocenters. The zero-order valence-corrected chi connectivity index (χ0v) is 11.9. The Balaban J connectivity index is 1.63. The smallest absolute Gasteiger partial charge is 0.152 e. The number of fused-ring (bicyclic) bond motifs is 1. The lowest BCUT2D eigenvalue weighted by atomic mass is 10.3. The molecule has 0 bridgehead atoms. The van der Waals surface area contributed by atoms with Crippen LogP contribution in [0.4, 0.5) is 5.82 Å². The average molecular weight is 276 g/mol. The Morgan fingerprint density at radius 2 is 2.50 bits per heavy atom. The molecule has 1 aliphatic rings. The normalized spacial score (nSPS) is 20.4. The van der Waals surface area contributed by atoms with E-state index >= 15 is 0 Å². The quantitative estimate of drug-likeness (QED) is 0.899. The van der Waals surface area contributed by atoms with E-state index in [1.165, 1.54) is 0 Å². The molecule has 1 saturated heterocycles. The van der Waals surface area contributed by atoms with Gasteiger partial charge in [0.15, 0.2) is 5.82 Å². The first-order valence-corrected chi connectivity index (χ1v) is 6.99. The van der Waals surface area contributed by atoms with E-state index in [1.807, 2.05) is 23.7 Å². The van der Waals surface area contributed by atoms with Gasteiger partial charge in [-0.05, 0) is 26.3 Å². The van der Waals surface area contributed by atoms with E-state index in [0.717, 1.165) is 30.1 Å². The van der Waals surface area contributed by atoms with Crippen molar-refractivity contribution in [3.8, 4) is 0 Å². The third-order valence-electron chi connectivity index (χ3n) is 3.36. The summed E-state index contributed by atoms with van der Waals surface area (Å²) in [7, 11) is 0. The maximum Gasteiger partial charge on any atom is 0.152 e. The van der Waals surface area contributed by atoms with Crippen LogP contribution in [0.2, 0.25) is 0 Å². The van der Waals surface area contributed by atoms with Crippen molar-refractivity contribution in [1.82, 2.24) is 14.6 Å². The van der Waals surface area contributed by atoms with E-state index in [0.29, 0.717) is 13.2 Å². The van der Waals surface area contributed by atoms with Crippen LogP contribution in [0.3, 0.4) is 0 Å². The monoisotopic (exact) mass is 276 g/mol. The zero-order valence-electron chi connectivity index (χ0n) is 11.9. The van der Waals surface area contributed by atoms with Crippen LogP contribution in [-0.4, -0.2) is 46.6 Å². The van der Waals surface area contributed by atoms with E-state index in [-0.39, 0.29) is 12.1 Å². The van der Waals surface area contributed by atoms with Crippen LogP contribution in [-0.2, 0) is 9.47 Å². The number of rotatable bonds is 5. The molecule has 108 valence electrons. The Kier molecular flexibility index (Phi) is 3.84. The van der Waals surface area contributed by atoms with Gasteiger partial charge in [0.25, 0.3) is 0 Å². The summed E-state index contributed by atoms with van der Waals surface area (Å²) < 4.78 is 13.0. The molecule has 0 aromatic carbocycles. The highest BCUT2D eigenvalue weighted by Gasteiger charge is 2.17. The molecule has 0 saturated carbocycles. The molecule has 1 N–H and O–H groups in total. The van der Waals surface area contributed by atoms with Gasteiger partial charge in [-0.1, -0.05) is 0 Å². The summed E-state index contributed by atoms with van der Waals surface area (Å²) in [5.41, 5.74) is 1.97. The van der Waals surface area contributed by atoms with Gasteiger partial charge in [-0.2, -0.15) is 5.10 Å². The molecule has 6 heteroatoms. The third kappa shape index (κ3) is 2.91. The van der Waals surface area contributed by atoms with Gasteiger partial charge in [0.05, 0.1) is 25.0 Å². The highest BCUT2D eigenvalue weighted by Crippen LogP contribution is 2.16. The lowest BCUT2D eigenvalue weighted by molar-refractivity contribution is 0.0395. The fourth-order valence-electron chi connectivity index (χ4n) is 2.36. The van der Waals surface area contributed by atoms with E-state index in [1.54, 1.807) is 6.20 Å². The summed E-state index contributed by atoms with van der Waals surface area (Å²) in [6.45, 7) is 6.22. The molecule has 2 aromatic rings. The summed E-state index contributed by atoms with van der Waals surface area (Å²) in [4.78, 5) is 4.39. The third-order valence-corrected chi connectivity index (χ3v) is 3.36. The molecule has 3 heterocycles. The minimum absolute atomic E-state index is 0.185. The standard InChI is InChI=1S/C14H20N4O2/c1-10-7-13-14(15-4-5-18(13)17-10)16-11(2)8-20-12-3-6-19-9-12/h4-5,7,11-12H,3,6,8-9H2,1-2H3,(H,15,16). The molecular formula is C14H20N4O2. The summed E-state index contributed by atoms with van der Waals surface area (Å²) in [6, 6.07) is 2.21. The van der Waals surface area contributed by atoms with Crippen LogP contribution in [0.25, 0.3) is 5.52 Å². The Morgan fingerprint density at radius 1 is 1.60 bits per heavy atom. The second-order valence-corrected chi connectivity index (χ2v) is 5.26. The van der Waals surface area contributed by atoms with Gasteiger partial charge in [0, 0.05) is 25.0 Å². The van der Waals surface area contributed by atoms with E-state index in [2.05, 4.69) is 22.3 Å². The number of ether oxygens (including phenoxy) is 2. The Hall–Kier alpha value is -1.66. The first kappa shape index (κ1) is 13.3. The van der Waals surface area contributed by atoms with Gasteiger partial charge in [0.1, 0.15) is 5.52 Å². The predicted molar refractivity (Wildman–Crippen MR) is 76.0 cm³/mol. The lowest BCUT2D eigenvalue weighted by Crippen LogP contribution is -2.26. The Labute approximate surface area is 118 Å². The molecule has 1 fully saturated rings. The van der Waals surface area contributed by atoms with Crippen molar-refractivity contribution in [3.63, 3.8) is 0 Å². The largest absolute Gasteiger partial charge is 0.379 e. The van der Waals surface area contributed by atoms with Crippen LogP contribution >= 0.6 is 0 Å². The van der Waals surface area contributed by atoms with Crippen molar-refractivity contribution in [1.29, 1.82) is 0 Å². The number of hydrogen-bond acceptors (Lipinski definition) is 5. The van der Waals surface area contributed by atoms with E-state index < -0.39 is 0 Å².